The first-order chi connectivity index (χ1) is 10.7. The lowest BCUT2D eigenvalue weighted by Gasteiger charge is -2.22. The molecule has 1 aromatic carbocycles. The van der Waals surface area contributed by atoms with Crippen molar-refractivity contribution in [1.82, 2.24) is 4.90 Å². The molecule has 118 valence electrons. The normalized spacial score (nSPS) is 17.1. The molecule has 2 aliphatic rings. The molecule has 2 aliphatic carbocycles. The maximum absolute atomic E-state index is 12.6. The van der Waals surface area contributed by atoms with E-state index in [9.17, 15) is 9.59 Å². The van der Waals surface area contributed by atoms with Crippen LogP contribution in [0.1, 0.15) is 49.4 Å². The van der Waals surface area contributed by atoms with E-state index in [2.05, 4.69) is 12.2 Å². The molecule has 0 bridgehead atoms. The number of benzene rings is 1. The molecule has 22 heavy (non-hydrogen) atoms. The smallest absolute Gasteiger partial charge is 0.253 e. The summed E-state index contributed by atoms with van der Waals surface area (Å²) in [6.45, 7) is 3.80. The zero-order valence-electron chi connectivity index (χ0n) is 13.2. The molecular weight excluding hydrogens is 276 g/mol. The number of carbonyl (C=O) groups excluding carboxylic acids is 2. The summed E-state index contributed by atoms with van der Waals surface area (Å²) < 4.78 is 0. The van der Waals surface area contributed by atoms with Crippen LogP contribution in [0.3, 0.4) is 0 Å². The van der Waals surface area contributed by atoms with Crippen molar-refractivity contribution in [2.75, 3.05) is 18.4 Å². The third-order valence-electron chi connectivity index (χ3n) is 4.30. The quantitative estimate of drug-likeness (QED) is 0.840. The van der Waals surface area contributed by atoms with Crippen LogP contribution >= 0.6 is 0 Å². The van der Waals surface area contributed by atoms with Crippen molar-refractivity contribution in [1.29, 1.82) is 0 Å². The Balaban J connectivity index is 1.61. The van der Waals surface area contributed by atoms with E-state index < -0.39 is 0 Å². The minimum atomic E-state index is 0.0976. The Bertz CT molecular complexity index is 545. The van der Waals surface area contributed by atoms with Crippen LogP contribution in [-0.2, 0) is 4.79 Å². The molecule has 0 heterocycles. The lowest BCUT2D eigenvalue weighted by molar-refractivity contribution is -0.117. The van der Waals surface area contributed by atoms with Crippen LogP contribution < -0.4 is 5.32 Å². The van der Waals surface area contributed by atoms with E-state index in [4.69, 9.17) is 0 Å². The standard InChI is InChI=1S/C18H24N2O2/c1-2-11-20(12-13-3-4-13)18(22)15-7-9-16(10-8-15)19-17(21)14-5-6-14/h7-10,13-14H,2-6,11-12H2,1H3,(H,19,21). The van der Waals surface area contributed by atoms with Crippen molar-refractivity contribution in [2.45, 2.75) is 39.0 Å². The molecule has 0 radical (unpaired) electrons. The molecule has 1 N–H and O–H groups in total. The zero-order chi connectivity index (χ0) is 15.5. The molecule has 2 fully saturated rings. The van der Waals surface area contributed by atoms with Gasteiger partial charge in [0.05, 0.1) is 0 Å². The Kier molecular flexibility index (Phi) is 4.46. The van der Waals surface area contributed by atoms with Crippen molar-refractivity contribution in [3.63, 3.8) is 0 Å². The van der Waals surface area contributed by atoms with Gasteiger partial charge in [0.1, 0.15) is 0 Å². The molecular formula is C18H24N2O2. The SMILES string of the molecule is CCCN(CC1CC1)C(=O)c1ccc(NC(=O)C2CC2)cc1. The van der Waals surface area contributed by atoms with Gasteiger partial charge in [0.15, 0.2) is 0 Å². The number of anilines is 1. The highest BCUT2D eigenvalue weighted by Gasteiger charge is 2.29. The summed E-state index contributed by atoms with van der Waals surface area (Å²) in [7, 11) is 0. The van der Waals surface area contributed by atoms with Gasteiger partial charge in [-0.3, -0.25) is 9.59 Å². The van der Waals surface area contributed by atoms with Crippen LogP contribution in [-0.4, -0.2) is 29.8 Å². The molecule has 4 heteroatoms. The van der Waals surface area contributed by atoms with E-state index in [1.165, 1.54) is 12.8 Å². The molecule has 3 rings (SSSR count). The van der Waals surface area contributed by atoms with E-state index in [-0.39, 0.29) is 17.7 Å². The highest BCUT2D eigenvalue weighted by atomic mass is 16.2. The molecule has 4 nitrogen and oxygen atoms in total. The van der Waals surface area contributed by atoms with Crippen LogP contribution in [0.2, 0.25) is 0 Å². The van der Waals surface area contributed by atoms with Crippen molar-refractivity contribution < 1.29 is 9.59 Å². The summed E-state index contributed by atoms with van der Waals surface area (Å²) in [5.41, 5.74) is 1.48. The first-order valence-corrected chi connectivity index (χ1v) is 8.37. The monoisotopic (exact) mass is 300 g/mol. The van der Waals surface area contributed by atoms with Gasteiger partial charge < -0.3 is 10.2 Å². The molecule has 0 unspecified atom stereocenters. The van der Waals surface area contributed by atoms with Crippen molar-refractivity contribution >= 4 is 17.5 Å². The van der Waals surface area contributed by atoms with Crippen LogP contribution in [0, 0.1) is 11.8 Å². The van der Waals surface area contributed by atoms with Crippen molar-refractivity contribution in [3.05, 3.63) is 29.8 Å². The van der Waals surface area contributed by atoms with Gasteiger partial charge in [-0.2, -0.15) is 0 Å². The molecule has 0 aromatic heterocycles. The van der Waals surface area contributed by atoms with Gasteiger partial charge in [0.2, 0.25) is 5.91 Å². The van der Waals surface area contributed by atoms with Gasteiger partial charge in [-0.1, -0.05) is 6.92 Å². The van der Waals surface area contributed by atoms with Gasteiger partial charge in [0.25, 0.3) is 5.91 Å². The van der Waals surface area contributed by atoms with Gasteiger partial charge in [-0.25, -0.2) is 0 Å². The average Bonchev–Trinajstić information content (AvgIpc) is 3.39. The Hall–Kier alpha value is -1.84. The minimum Gasteiger partial charge on any atom is -0.338 e. The summed E-state index contributed by atoms with van der Waals surface area (Å²) in [5.74, 6) is 1.10. The highest BCUT2D eigenvalue weighted by molar-refractivity contribution is 5.96. The van der Waals surface area contributed by atoms with Gasteiger partial charge in [-0.15, -0.1) is 0 Å². The third kappa shape index (κ3) is 3.87. The first-order valence-electron chi connectivity index (χ1n) is 8.37. The number of nitrogens with one attached hydrogen (secondary N) is 1. The number of hydrogen-bond acceptors (Lipinski definition) is 2. The van der Waals surface area contributed by atoms with E-state index in [0.717, 1.165) is 38.0 Å². The Morgan fingerprint density at radius 1 is 1.14 bits per heavy atom. The fourth-order valence-corrected chi connectivity index (χ4v) is 2.63. The first kappa shape index (κ1) is 15.1. The predicted molar refractivity (Wildman–Crippen MR) is 86.7 cm³/mol. The molecule has 2 saturated carbocycles. The number of hydrogen-bond donors (Lipinski definition) is 1. The maximum Gasteiger partial charge on any atom is 0.253 e. The second-order valence-corrected chi connectivity index (χ2v) is 6.54. The fourth-order valence-electron chi connectivity index (χ4n) is 2.63. The third-order valence-corrected chi connectivity index (χ3v) is 4.30. The number of amides is 2. The Morgan fingerprint density at radius 3 is 2.36 bits per heavy atom. The molecule has 0 saturated heterocycles. The summed E-state index contributed by atoms with van der Waals surface area (Å²) in [6, 6.07) is 7.30. The lowest BCUT2D eigenvalue weighted by atomic mass is 10.1. The maximum atomic E-state index is 12.6. The Morgan fingerprint density at radius 2 is 1.82 bits per heavy atom. The molecule has 2 amide bonds. The largest absolute Gasteiger partial charge is 0.338 e. The number of nitrogens with zero attached hydrogens (tertiary/aromatic N) is 1. The molecule has 0 spiro atoms. The van der Waals surface area contributed by atoms with E-state index in [1.807, 2.05) is 29.2 Å². The molecule has 1 aromatic rings. The van der Waals surface area contributed by atoms with E-state index in [1.54, 1.807) is 0 Å². The summed E-state index contributed by atoms with van der Waals surface area (Å²) in [6.07, 6.45) is 5.47. The van der Waals surface area contributed by atoms with Crippen molar-refractivity contribution in [3.8, 4) is 0 Å². The summed E-state index contributed by atoms with van der Waals surface area (Å²) in [4.78, 5) is 26.3. The zero-order valence-corrected chi connectivity index (χ0v) is 13.2. The fraction of sp³-hybridized carbons (Fsp3) is 0.556. The summed E-state index contributed by atoms with van der Waals surface area (Å²) in [5, 5.41) is 2.90. The predicted octanol–water partition coefficient (Wildman–Crippen LogP) is 3.30. The lowest BCUT2D eigenvalue weighted by Crippen LogP contribution is -2.33. The van der Waals surface area contributed by atoms with Crippen molar-refractivity contribution in [2.24, 2.45) is 11.8 Å². The summed E-state index contributed by atoms with van der Waals surface area (Å²) >= 11 is 0. The van der Waals surface area contributed by atoms with Gasteiger partial charge in [0, 0.05) is 30.3 Å². The topological polar surface area (TPSA) is 49.4 Å². The van der Waals surface area contributed by atoms with E-state index >= 15 is 0 Å². The second kappa shape index (κ2) is 6.51. The van der Waals surface area contributed by atoms with E-state index in [0.29, 0.717) is 11.5 Å². The average molecular weight is 300 g/mol. The molecule has 0 aliphatic heterocycles. The van der Waals surface area contributed by atoms with Crippen LogP contribution in [0.15, 0.2) is 24.3 Å². The second-order valence-electron chi connectivity index (χ2n) is 6.54. The van der Waals surface area contributed by atoms with Crippen LogP contribution in [0.5, 0.6) is 0 Å². The minimum absolute atomic E-state index is 0.0976. The van der Waals surface area contributed by atoms with Gasteiger partial charge >= 0.3 is 0 Å². The highest BCUT2D eigenvalue weighted by Crippen LogP contribution is 2.31. The number of rotatable bonds is 7. The van der Waals surface area contributed by atoms with Crippen LogP contribution in [0.4, 0.5) is 5.69 Å². The number of carbonyl (C=O) groups is 2. The Labute approximate surface area is 131 Å². The van der Waals surface area contributed by atoms with Crippen LogP contribution in [0.25, 0.3) is 0 Å². The van der Waals surface area contributed by atoms with Gasteiger partial charge in [-0.05, 0) is 62.3 Å². The molecule has 0 atom stereocenters.